The Kier molecular flexibility index (Phi) is 3.57. The van der Waals surface area contributed by atoms with Crippen LogP contribution in [0.3, 0.4) is 0 Å². The van der Waals surface area contributed by atoms with E-state index in [0.29, 0.717) is 6.04 Å². The Morgan fingerprint density at radius 1 is 1.14 bits per heavy atom. The molecule has 21 heavy (non-hydrogen) atoms. The molecule has 0 amide bonds. The van der Waals surface area contributed by atoms with E-state index in [9.17, 15) is 0 Å². The summed E-state index contributed by atoms with van der Waals surface area (Å²) >= 11 is 7.48. The van der Waals surface area contributed by atoms with Gasteiger partial charge >= 0.3 is 0 Å². The highest BCUT2D eigenvalue weighted by Crippen LogP contribution is 2.31. The van der Waals surface area contributed by atoms with Gasteiger partial charge in [-0.1, -0.05) is 11.6 Å². The molecule has 1 atom stereocenters. The van der Waals surface area contributed by atoms with Gasteiger partial charge in [0.25, 0.3) is 0 Å². The number of thiophene rings is 1. The van der Waals surface area contributed by atoms with E-state index in [4.69, 9.17) is 11.6 Å². The molecule has 4 nitrogen and oxygen atoms in total. The van der Waals surface area contributed by atoms with Gasteiger partial charge in [-0.3, -0.25) is 4.90 Å². The standard InChI is InChI=1S/C15H17ClN4S/c16-14-5-4-13(21-14)12-3-6-15(19-18-12)17-10-7-8-20(9-10)11-1-2-11/h3-6,10-11H,1-2,7-9H2,(H,17,19). The van der Waals surface area contributed by atoms with Crippen molar-refractivity contribution in [2.24, 2.45) is 0 Å². The number of hydrogen-bond acceptors (Lipinski definition) is 5. The molecule has 6 heteroatoms. The lowest BCUT2D eigenvalue weighted by molar-refractivity contribution is 0.326. The van der Waals surface area contributed by atoms with Gasteiger partial charge < -0.3 is 5.32 Å². The highest BCUT2D eigenvalue weighted by Gasteiger charge is 2.34. The summed E-state index contributed by atoms with van der Waals surface area (Å²) in [6.45, 7) is 2.34. The Morgan fingerprint density at radius 3 is 2.71 bits per heavy atom. The van der Waals surface area contributed by atoms with Crippen LogP contribution in [0.1, 0.15) is 19.3 Å². The Balaban J connectivity index is 1.40. The number of aromatic nitrogens is 2. The lowest BCUT2D eigenvalue weighted by atomic mass is 10.2. The Hall–Kier alpha value is -1.17. The molecule has 110 valence electrons. The summed E-state index contributed by atoms with van der Waals surface area (Å²) in [5.41, 5.74) is 0.878. The third kappa shape index (κ3) is 3.05. The second-order valence-electron chi connectivity index (χ2n) is 5.76. The fraction of sp³-hybridized carbons (Fsp3) is 0.467. The van der Waals surface area contributed by atoms with Crippen molar-refractivity contribution in [2.45, 2.75) is 31.3 Å². The minimum Gasteiger partial charge on any atom is -0.365 e. The zero-order valence-electron chi connectivity index (χ0n) is 11.6. The molecule has 4 rings (SSSR count). The number of likely N-dealkylation sites (tertiary alicyclic amines) is 1. The summed E-state index contributed by atoms with van der Waals surface area (Å²) in [6, 6.07) is 9.24. The normalized spacial score (nSPS) is 22.6. The molecule has 2 aromatic rings. The molecular formula is C15H17ClN4S. The predicted octanol–water partition coefficient (Wildman–Crippen LogP) is 3.51. The van der Waals surface area contributed by atoms with E-state index in [1.807, 2.05) is 24.3 Å². The number of anilines is 1. The quantitative estimate of drug-likeness (QED) is 0.936. The molecule has 3 heterocycles. The molecule has 0 radical (unpaired) electrons. The van der Waals surface area contributed by atoms with Crippen LogP contribution in [0.5, 0.6) is 0 Å². The summed E-state index contributed by atoms with van der Waals surface area (Å²) in [5.74, 6) is 0.865. The third-order valence-electron chi connectivity index (χ3n) is 4.13. The average molecular weight is 321 g/mol. The summed E-state index contributed by atoms with van der Waals surface area (Å²) in [7, 11) is 0. The van der Waals surface area contributed by atoms with Gasteiger partial charge in [-0.05, 0) is 43.5 Å². The van der Waals surface area contributed by atoms with Crippen LogP contribution in [0, 0.1) is 0 Å². The van der Waals surface area contributed by atoms with Crippen molar-refractivity contribution in [3.63, 3.8) is 0 Å². The molecule has 2 aliphatic rings. The summed E-state index contributed by atoms with van der Waals surface area (Å²) < 4.78 is 0.778. The molecule has 2 aromatic heterocycles. The maximum absolute atomic E-state index is 5.95. The maximum atomic E-state index is 5.95. The van der Waals surface area contributed by atoms with Gasteiger partial charge in [-0.25, -0.2) is 0 Å². The number of nitrogens with one attached hydrogen (secondary N) is 1. The second-order valence-corrected chi connectivity index (χ2v) is 7.48. The van der Waals surface area contributed by atoms with Crippen LogP contribution in [-0.2, 0) is 0 Å². The van der Waals surface area contributed by atoms with Crippen molar-refractivity contribution < 1.29 is 0 Å². The molecule has 0 aromatic carbocycles. The zero-order valence-corrected chi connectivity index (χ0v) is 13.2. The van der Waals surface area contributed by atoms with Gasteiger partial charge in [-0.15, -0.1) is 21.5 Å². The Labute approximate surface area is 133 Å². The number of rotatable bonds is 4. The van der Waals surface area contributed by atoms with Crippen molar-refractivity contribution >= 4 is 28.8 Å². The van der Waals surface area contributed by atoms with E-state index in [0.717, 1.165) is 33.3 Å². The first-order valence-electron chi connectivity index (χ1n) is 7.38. The highest BCUT2D eigenvalue weighted by molar-refractivity contribution is 7.19. The molecule has 0 bridgehead atoms. The van der Waals surface area contributed by atoms with E-state index in [1.165, 1.54) is 37.1 Å². The van der Waals surface area contributed by atoms with Crippen LogP contribution in [-0.4, -0.2) is 40.3 Å². The van der Waals surface area contributed by atoms with Crippen molar-refractivity contribution in [1.82, 2.24) is 15.1 Å². The fourth-order valence-electron chi connectivity index (χ4n) is 2.88. The number of hydrogen-bond donors (Lipinski definition) is 1. The topological polar surface area (TPSA) is 41.0 Å². The van der Waals surface area contributed by atoms with Gasteiger partial charge in [0, 0.05) is 25.2 Å². The monoisotopic (exact) mass is 320 g/mol. The molecule has 1 aliphatic carbocycles. The zero-order chi connectivity index (χ0) is 14.2. The average Bonchev–Trinajstić information content (AvgIpc) is 3.09. The lowest BCUT2D eigenvalue weighted by Gasteiger charge is -2.15. The van der Waals surface area contributed by atoms with Crippen molar-refractivity contribution in [1.29, 1.82) is 0 Å². The first kappa shape index (κ1) is 13.5. The van der Waals surface area contributed by atoms with E-state index < -0.39 is 0 Å². The summed E-state index contributed by atoms with van der Waals surface area (Å²) in [6.07, 6.45) is 3.95. The van der Waals surface area contributed by atoms with Crippen molar-refractivity contribution in [3.8, 4) is 10.6 Å². The first-order chi connectivity index (χ1) is 10.3. The van der Waals surface area contributed by atoms with E-state index in [2.05, 4.69) is 20.4 Å². The van der Waals surface area contributed by atoms with Gasteiger partial charge in [0.05, 0.1) is 9.21 Å². The third-order valence-corrected chi connectivity index (χ3v) is 5.38. The van der Waals surface area contributed by atoms with Crippen LogP contribution in [0.15, 0.2) is 24.3 Å². The van der Waals surface area contributed by atoms with Crippen LogP contribution < -0.4 is 5.32 Å². The van der Waals surface area contributed by atoms with E-state index >= 15 is 0 Å². The fourth-order valence-corrected chi connectivity index (χ4v) is 3.89. The molecule has 1 saturated heterocycles. The molecule has 1 N–H and O–H groups in total. The van der Waals surface area contributed by atoms with Gasteiger partial charge in [-0.2, -0.15) is 0 Å². The van der Waals surface area contributed by atoms with Gasteiger partial charge in [0.1, 0.15) is 11.5 Å². The minimum absolute atomic E-state index is 0.502. The number of halogens is 1. The largest absolute Gasteiger partial charge is 0.365 e. The molecular weight excluding hydrogens is 304 g/mol. The predicted molar refractivity (Wildman–Crippen MR) is 87.0 cm³/mol. The van der Waals surface area contributed by atoms with Crippen LogP contribution >= 0.6 is 22.9 Å². The van der Waals surface area contributed by atoms with E-state index in [1.54, 1.807) is 0 Å². The first-order valence-corrected chi connectivity index (χ1v) is 8.57. The van der Waals surface area contributed by atoms with Crippen LogP contribution in [0.4, 0.5) is 5.82 Å². The summed E-state index contributed by atoms with van der Waals surface area (Å²) in [5, 5.41) is 12.1. The van der Waals surface area contributed by atoms with Crippen LogP contribution in [0.2, 0.25) is 4.34 Å². The molecule has 2 fully saturated rings. The van der Waals surface area contributed by atoms with Gasteiger partial charge in [0.15, 0.2) is 0 Å². The molecule has 0 spiro atoms. The van der Waals surface area contributed by atoms with E-state index in [-0.39, 0.29) is 0 Å². The molecule has 1 saturated carbocycles. The Morgan fingerprint density at radius 2 is 2.05 bits per heavy atom. The summed E-state index contributed by atoms with van der Waals surface area (Å²) in [4.78, 5) is 3.65. The molecule has 1 aliphatic heterocycles. The maximum Gasteiger partial charge on any atom is 0.148 e. The van der Waals surface area contributed by atoms with Crippen LogP contribution in [0.25, 0.3) is 10.6 Å². The van der Waals surface area contributed by atoms with Gasteiger partial charge in [0.2, 0.25) is 0 Å². The number of nitrogens with zero attached hydrogens (tertiary/aromatic N) is 3. The Bertz CT molecular complexity index is 623. The lowest BCUT2D eigenvalue weighted by Crippen LogP contribution is -2.28. The smallest absolute Gasteiger partial charge is 0.148 e. The highest BCUT2D eigenvalue weighted by atomic mass is 35.5. The molecule has 1 unspecified atom stereocenters. The second kappa shape index (κ2) is 5.55. The van der Waals surface area contributed by atoms with Crippen molar-refractivity contribution in [3.05, 3.63) is 28.6 Å². The van der Waals surface area contributed by atoms with Crippen molar-refractivity contribution in [2.75, 3.05) is 18.4 Å². The SMILES string of the molecule is Clc1ccc(-c2ccc(NC3CCN(C4CC4)C3)nn2)s1. The minimum atomic E-state index is 0.502.